The van der Waals surface area contributed by atoms with E-state index in [1.165, 1.54) is 13.4 Å². The van der Waals surface area contributed by atoms with Gasteiger partial charge < -0.3 is 9.15 Å². The molecule has 1 aromatic rings. The molecule has 0 aliphatic heterocycles. The van der Waals surface area contributed by atoms with Gasteiger partial charge in [0.1, 0.15) is 6.26 Å². The number of carbonyl (C=O) groups is 1. The lowest BCUT2D eigenvalue weighted by atomic mass is 10.3. The third kappa shape index (κ3) is 1.45. The summed E-state index contributed by atoms with van der Waals surface area (Å²) in [4.78, 5) is 10.9. The molecule has 0 atom stereocenters. The van der Waals surface area contributed by atoms with E-state index in [2.05, 4.69) is 20.7 Å². The molecule has 1 rings (SSSR count). The molecule has 1 heterocycles. The highest BCUT2D eigenvalue weighted by molar-refractivity contribution is 9.10. The van der Waals surface area contributed by atoms with Crippen LogP contribution in [-0.2, 0) is 4.74 Å². The Morgan fingerprint density at radius 1 is 1.73 bits per heavy atom. The summed E-state index contributed by atoms with van der Waals surface area (Å²) in [5.41, 5.74) is 0.761. The molecule has 0 aromatic carbocycles. The summed E-state index contributed by atoms with van der Waals surface area (Å²) in [6.07, 6.45) is 1.46. The Kier molecular flexibility index (Phi) is 2.34. The van der Waals surface area contributed by atoms with E-state index in [9.17, 15) is 4.79 Å². The quantitative estimate of drug-likeness (QED) is 0.679. The Balaban J connectivity index is 3.04. The van der Waals surface area contributed by atoms with Crippen LogP contribution >= 0.6 is 15.9 Å². The van der Waals surface area contributed by atoms with Crippen molar-refractivity contribution in [1.29, 1.82) is 0 Å². The number of carbonyl (C=O) groups excluding carboxylic acids is 1. The van der Waals surface area contributed by atoms with Crippen LogP contribution in [0.15, 0.2) is 15.2 Å². The highest BCUT2D eigenvalue weighted by Crippen LogP contribution is 2.21. The largest absolute Gasteiger partial charge is 0.463 e. The van der Waals surface area contributed by atoms with Crippen LogP contribution in [0.3, 0.4) is 0 Å². The van der Waals surface area contributed by atoms with Crippen LogP contribution in [0.5, 0.6) is 0 Å². The number of ether oxygens (including phenoxy) is 1. The number of furan rings is 1. The fourth-order valence-corrected chi connectivity index (χ4v) is 0.963. The van der Waals surface area contributed by atoms with Crippen LogP contribution in [0.2, 0.25) is 0 Å². The number of methoxy groups -OCH3 is 1. The van der Waals surface area contributed by atoms with Crippen LogP contribution in [0.4, 0.5) is 0 Å². The molecular formula is C7H7BrO3. The average Bonchev–Trinajstić information content (AvgIpc) is 2.32. The zero-order valence-electron chi connectivity index (χ0n) is 6.18. The second-order valence-corrected chi connectivity index (χ2v) is 2.88. The third-order valence-electron chi connectivity index (χ3n) is 1.35. The van der Waals surface area contributed by atoms with E-state index in [4.69, 9.17) is 4.42 Å². The molecule has 11 heavy (non-hydrogen) atoms. The van der Waals surface area contributed by atoms with E-state index in [1.54, 1.807) is 6.92 Å². The first kappa shape index (κ1) is 8.33. The average molecular weight is 219 g/mol. The highest BCUT2D eigenvalue weighted by Gasteiger charge is 2.15. The lowest BCUT2D eigenvalue weighted by Gasteiger charge is -1.93. The molecule has 0 fully saturated rings. The maximum atomic E-state index is 10.9. The molecule has 0 aliphatic rings. The summed E-state index contributed by atoms with van der Waals surface area (Å²) in [5.74, 6) is -0.201. The van der Waals surface area contributed by atoms with Crippen molar-refractivity contribution in [2.75, 3.05) is 7.11 Å². The van der Waals surface area contributed by atoms with Gasteiger partial charge in [-0.1, -0.05) is 0 Å². The summed E-state index contributed by atoms with van der Waals surface area (Å²) < 4.78 is 10.2. The summed E-state index contributed by atoms with van der Waals surface area (Å²) >= 11 is 3.21. The molecular weight excluding hydrogens is 212 g/mol. The SMILES string of the molecule is COC(=O)c1occ(Br)c1C. The standard InChI is InChI=1S/C7H7BrO3/c1-4-5(8)3-11-6(4)7(9)10-2/h3H,1-2H3. The molecule has 0 unspecified atom stereocenters. The molecule has 0 saturated heterocycles. The zero-order chi connectivity index (χ0) is 8.43. The first-order valence-corrected chi connectivity index (χ1v) is 3.78. The molecule has 0 N–H and O–H groups in total. The molecule has 0 bridgehead atoms. The normalized spacial score (nSPS) is 9.73. The number of hydrogen-bond donors (Lipinski definition) is 0. The molecule has 0 radical (unpaired) electrons. The van der Waals surface area contributed by atoms with Crippen molar-refractivity contribution < 1.29 is 13.9 Å². The molecule has 1 aromatic heterocycles. The Morgan fingerprint density at radius 2 is 2.36 bits per heavy atom. The summed E-state index contributed by atoms with van der Waals surface area (Å²) in [5, 5.41) is 0. The molecule has 0 saturated carbocycles. The zero-order valence-corrected chi connectivity index (χ0v) is 7.77. The van der Waals surface area contributed by atoms with Crippen molar-refractivity contribution in [3.05, 3.63) is 22.1 Å². The van der Waals surface area contributed by atoms with Gasteiger partial charge in [-0.25, -0.2) is 4.79 Å². The monoisotopic (exact) mass is 218 g/mol. The Morgan fingerprint density at radius 3 is 2.73 bits per heavy atom. The van der Waals surface area contributed by atoms with E-state index < -0.39 is 5.97 Å². The fourth-order valence-electron chi connectivity index (χ4n) is 0.690. The Hall–Kier alpha value is -0.770. The van der Waals surface area contributed by atoms with Crippen LogP contribution in [0.25, 0.3) is 0 Å². The molecule has 3 nitrogen and oxygen atoms in total. The number of esters is 1. The Labute approximate surface area is 72.5 Å². The van der Waals surface area contributed by atoms with Gasteiger partial charge >= 0.3 is 5.97 Å². The van der Waals surface area contributed by atoms with Gasteiger partial charge in [-0.3, -0.25) is 0 Å². The van der Waals surface area contributed by atoms with Crippen LogP contribution in [0, 0.1) is 6.92 Å². The van der Waals surface area contributed by atoms with E-state index in [1.807, 2.05) is 0 Å². The van der Waals surface area contributed by atoms with E-state index in [-0.39, 0.29) is 5.76 Å². The fraction of sp³-hybridized carbons (Fsp3) is 0.286. The highest BCUT2D eigenvalue weighted by atomic mass is 79.9. The van der Waals surface area contributed by atoms with Crippen molar-refractivity contribution in [3.63, 3.8) is 0 Å². The maximum absolute atomic E-state index is 10.9. The molecule has 4 heteroatoms. The second kappa shape index (κ2) is 3.09. The summed E-state index contributed by atoms with van der Waals surface area (Å²) in [6, 6.07) is 0. The van der Waals surface area contributed by atoms with Gasteiger partial charge in [0, 0.05) is 5.56 Å². The minimum atomic E-state index is -0.451. The molecule has 0 aliphatic carbocycles. The minimum Gasteiger partial charge on any atom is -0.463 e. The first-order valence-electron chi connectivity index (χ1n) is 2.98. The van der Waals surface area contributed by atoms with Crippen molar-refractivity contribution in [2.45, 2.75) is 6.92 Å². The lowest BCUT2D eigenvalue weighted by Crippen LogP contribution is -2.00. The van der Waals surface area contributed by atoms with Gasteiger partial charge in [-0.2, -0.15) is 0 Å². The minimum absolute atomic E-state index is 0.249. The van der Waals surface area contributed by atoms with Crippen molar-refractivity contribution >= 4 is 21.9 Å². The van der Waals surface area contributed by atoms with Crippen LogP contribution in [0.1, 0.15) is 16.1 Å². The predicted molar refractivity (Wildman–Crippen MR) is 42.5 cm³/mol. The van der Waals surface area contributed by atoms with E-state index in [0.29, 0.717) is 0 Å². The van der Waals surface area contributed by atoms with Crippen molar-refractivity contribution in [1.82, 2.24) is 0 Å². The van der Waals surface area contributed by atoms with E-state index >= 15 is 0 Å². The topological polar surface area (TPSA) is 39.4 Å². The lowest BCUT2D eigenvalue weighted by molar-refractivity contribution is 0.0564. The van der Waals surface area contributed by atoms with Gasteiger partial charge in [0.25, 0.3) is 0 Å². The van der Waals surface area contributed by atoms with Gasteiger partial charge in [0.05, 0.1) is 11.6 Å². The predicted octanol–water partition coefficient (Wildman–Crippen LogP) is 2.14. The van der Waals surface area contributed by atoms with Gasteiger partial charge in [-0.15, -0.1) is 0 Å². The first-order chi connectivity index (χ1) is 5.16. The van der Waals surface area contributed by atoms with Gasteiger partial charge in [0.15, 0.2) is 0 Å². The molecule has 60 valence electrons. The van der Waals surface area contributed by atoms with Crippen LogP contribution < -0.4 is 0 Å². The number of hydrogen-bond acceptors (Lipinski definition) is 3. The summed E-state index contributed by atoms with van der Waals surface area (Å²) in [6.45, 7) is 1.78. The smallest absolute Gasteiger partial charge is 0.374 e. The van der Waals surface area contributed by atoms with Gasteiger partial charge in [-0.05, 0) is 22.9 Å². The van der Waals surface area contributed by atoms with Crippen molar-refractivity contribution in [2.24, 2.45) is 0 Å². The van der Waals surface area contributed by atoms with Crippen LogP contribution in [-0.4, -0.2) is 13.1 Å². The maximum Gasteiger partial charge on any atom is 0.374 e. The van der Waals surface area contributed by atoms with Gasteiger partial charge in [0.2, 0.25) is 5.76 Å². The van der Waals surface area contributed by atoms with E-state index in [0.717, 1.165) is 10.0 Å². The third-order valence-corrected chi connectivity index (χ3v) is 2.13. The van der Waals surface area contributed by atoms with Crippen molar-refractivity contribution in [3.8, 4) is 0 Å². The Bertz CT molecular complexity index is 277. The summed E-state index contributed by atoms with van der Waals surface area (Å²) in [7, 11) is 1.32. The molecule has 0 amide bonds. The number of halogens is 1. The molecule has 0 spiro atoms. The number of rotatable bonds is 1. The second-order valence-electron chi connectivity index (χ2n) is 2.03.